The van der Waals surface area contributed by atoms with Gasteiger partial charge in [-0.15, -0.1) is 0 Å². The molecule has 0 spiro atoms. The average Bonchev–Trinajstić information content (AvgIpc) is 2.79. The summed E-state index contributed by atoms with van der Waals surface area (Å²) in [4.78, 5) is 17.8. The molecule has 1 aromatic heterocycles. The molecule has 1 fully saturated rings. The lowest BCUT2D eigenvalue weighted by atomic mass is 10.1. The Kier molecular flexibility index (Phi) is 2.95. The van der Waals surface area contributed by atoms with E-state index in [0.717, 1.165) is 63.6 Å². The van der Waals surface area contributed by atoms with Gasteiger partial charge in [-0.05, 0) is 19.3 Å². The number of fused-ring (bicyclic) bond motifs is 1. The molecular formula is C12H18N4O2. The summed E-state index contributed by atoms with van der Waals surface area (Å²) in [6.45, 7) is 4.56. The highest BCUT2D eigenvalue weighted by molar-refractivity contribution is 5.87. The highest BCUT2D eigenvalue weighted by Crippen LogP contribution is 2.26. The first kappa shape index (κ1) is 11.5. The Balaban J connectivity index is 2.00. The molecule has 0 amide bonds. The van der Waals surface area contributed by atoms with Gasteiger partial charge in [-0.3, -0.25) is 0 Å². The zero-order valence-corrected chi connectivity index (χ0v) is 10.4. The fourth-order valence-electron chi connectivity index (χ4n) is 2.80. The van der Waals surface area contributed by atoms with Gasteiger partial charge in [-0.25, -0.2) is 9.78 Å². The number of piperazine rings is 1. The van der Waals surface area contributed by atoms with E-state index in [-0.39, 0.29) is 5.69 Å². The van der Waals surface area contributed by atoms with E-state index in [2.05, 4.69) is 19.8 Å². The maximum atomic E-state index is 11.3. The van der Waals surface area contributed by atoms with Gasteiger partial charge in [0.25, 0.3) is 0 Å². The topological polar surface area (TPSA) is 70.4 Å². The molecule has 6 nitrogen and oxygen atoms in total. The monoisotopic (exact) mass is 250 g/mol. The van der Waals surface area contributed by atoms with Crippen LogP contribution < -0.4 is 10.2 Å². The number of imidazole rings is 1. The second kappa shape index (κ2) is 4.61. The van der Waals surface area contributed by atoms with Crippen molar-refractivity contribution in [3.05, 3.63) is 11.4 Å². The number of carboxylic acids is 1. The molecule has 1 aromatic rings. The summed E-state index contributed by atoms with van der Waals surface area (Å²) in [5.74, 6) is -0.0503. The third-order valence-electron chi connectivity index (χ3n) is 3.70. The Morgan fingerprint density at radius 1 is 1.22 bits per heavy atom. The van der Waals surface area contributed by atoms with E-state index in [9.17, 15) is 9.90 Å². The number of carboxylic acid groups (broad SMARTS) is 1. The predicted molar refractivity (Wildman–Crippen MR) is 67.2 cm³/mol. The van der Waals surface area contributed by atoms with Crippen LogP contribution in [0.2, 0.25) is 0 Å². The number of aromatic nitrogens is 2. The van der Waals surface area contributed by atoms with Crippen molar-refractivity contribution in [2.45, 2.75) is 25.8 Å². The summed E-state index contributed by atoms with van der Waals surface area (Å²) in [5.41, 5.74) is 1.16. The van der Waals surface area contributed by atoms with Crippen LogP contribution in [0.1, 0.15) is 29.0 Å². The third kappa shape index (κ3) is 1.86. The second-order valence-corrected chi connectivity index (χ2v) is 4.86. The Morgan fingerprint density at radius 2 is 2.00 bits per heavy atom. The molecule has 2 aliphatic rings. The number of hydrogen-bond acceptors (Lipinski definition) is 4. The molecule has 1 saturated heterocycles. The summed E-state index contributed by atoms with van der Waals surface area (Å²) in [6.07, 6.45) is 3.01. The minimum absolute atomic E-state index is 0.253. The van der Waals surface area contributed by atoms with Crippen molar-refractivity contribution in [2.24, 2.45) is 0 Å². The molecule has 3 heterocycles. The number of carbonyl (C=O) groups is 1. The molecule has 2 N–H and O–H groups in total. The molecule has 0 saturated carbocycles. The lowest BCUT2D eigenvalue weighted by Gasteiger charge is -2.30. The summed E-state index contributed by atoms with van der Waals surface area (Å²) < 4.78 is 2.11. The van der Waals surface area contributed by atoms with Crippen molar-refractivity contribution in [3.8, 4) is 0 Å². The van der Waals surface area contributed by atoms with Gasteiger partial charge >= 0.3 is 5.97 Å². The minimum atomic E-state index is -0.901. The van der Waals surface area contributed by atoms with Crippen molar-refractivity contribution < 1.29 is 9.90 Å². The van der Waals surface area contributed by atoms with Crippen LogP contribution in [0.4, 0.5) is 5.95 Å². The standard InChI is InChI=1S/C12H18N4O2/c17-11(18)10-9-3-1-2-6-16(9)12(14-10)15-7-4-13-5-8-15/h13H,1-8H2,(H,17,18). The van der Waals surface area contributed by atoms with Crippen molar-refractivity contribution >= 4 is 11.9 Å². The normalized spacial score (nSPS) is 19.7. The lowest BCUT2D eigenvalue weighted by molar-refractivity contribution is 0.0689. The molecule has 0 aliphatic carbocycles. The van der Waals surface area contributed by atoms with Crippen LogP contribution in [0.3, 0.4) is 0 Å². The van der Waals surface area contributed by atoms with E-state index < -0.39 is 5.97 Å². The fraction of sp³-hybridized carbons (Fsp3) is 0.667. The quantitative estimate of drug-likeness (QED) is 0.791. The van der Waals surface area contributed by atoms with Crippen molar-refractivity contribution in [1.82, 2.24) is 14.9 Å². The van der Waals surface area contributed by atoms with Crippen LogP contribution >= 0.6 is 0 Å². The maximum absolute atomic E-state index is 11.3. The summed E-state index contributed by atoms with van der Waals surface area (Å²) in [5, 5.41) is 12.5. The van der Waals surface area contributed by atoms with Gasteiger partial charge in [0.15, 0.2) is 5.69 Å². The lowest BCUT2D eigenvalue weighted by Crippen LogP contribution is -2.44. The number of anilines is 1. The van der Waals surface area contributed by atoms with E-state index in [1.165, 1.54) is 0 Å². The molecule has 2 aliphatic heterocycles. The molecule has 98 valence electrons. The number of nitrogens with zero attached hydrogens (tertiary/aromatic N) is 3. The third-order valence-corrected chi connectivity index (χ3v) is 3.70. The van der Waals surface area contributed by atoms with Gasteiger partial charge in [0.1, 0.15) is 0 Å². The van der Waals surface area contributed by atoms with Crippen molar-refractivity contribution in [1.29, 1.82) is 0 Å². The van der Waals surface area contributed by atoms with Gasteiger partial charge in [0.2, 0.25) is 5.95 Å². The Morgan fingerprint density at radius 3 is 2.72 bits per heavy atom. The van der Waals surface area contributed by atoms with E-state index in [4.69, 9.17) is 0 Å². The maximum Gasteiger partial charge on any atom is 0.356 e. The van der Waals surface area contributed by atoms with E-state index >= 15 is 0 Å². The van der Waals surface area contributed by atoms with Crippen molar-refractivity contribution in [3.63, 3.8) is 0 Å². The van der Waals surface area contributed by atoms with Gasteiger partial charge in [0.05, 0.1) is 5.69 Å². The smallest absolute Gasteiger partial charge is 0.356 e. The first-order valence-corrected chi connectivity index (χ1v) is 6.56. The zero-order chi connectivity index (χ0) is 12.5. The first-order valence-electron chi connectivity index (χ1n) is 6.56. The molecule has 6 heteroatoms. The molecule has 0 radical (unpaired) electrons. The predicted octanol–water partition coefficient (Wildman–Crippen LogP) is 0.327. The number of nitrogens with one attached hydrogen (secondary N) is 1. The molecule has 0 atom stereocenters. The van der Waals surface area contributed by atoms with E-state index in [0.29, 0.717) is 0 Å². The summed E-state index contributed by atoms with van der Waals surface area (Å²) >= 11 is 0. The Hall–Kier alpha value is -1.56. The van der Waals surface area contributed by atoms with E-state index in [1.54, 1.807) is 0 Å². The summed E-state index contributed by atoms with van der Waals surface area (Å²) in [7, 11) is 0. The molecule has 0 unspecified atom stereocenters. The van der Waals surface area contributed by atoms with Crippen LogP contribution in [-0.4, -0.2) is 46.8 Å². The van der Waals surface area contributed by atoms with Crippen LogP contribution in [0.25, 0.3) is 0 Å². The molecule has 3 rings (SSSR count). The molecule has 0 aromatic carbocycles. The SMILES string of the molecule is O=C(O)c1nc(N2CCNCC2)n2c1CCCC2. The van der Waals surface area contributed by atoms with Gasteiger partial charge in [-0.2, -0.15) is 0 Å². The van der Waals surface area contributed by atoms with Crippen molar-refractivity contribution in [2.75, 3.05) is 31.1 Å². The Labute approximate surface area is 106 Å². The van der Waals surface area contributed by atoms with Gasteiger partial charge in [0, 0.05) is 32.7 Å². The van der Waals surface area contributed by atoms with Gasteiger partial charge in [-0.1, -0.05) is 0 Å². The van der Waals surface area contributed by atoms with E-state index in [1.807, 2.05) is 0 Å². The number of aromatic carboxylic acids is 1. The summed E-state index contributed by atoms with van der Waals surface area (Å²) in [6, 6.07) is 0. The molecular weight excluding hydrogens is 232 g/mol. The van der Waals surface area contributed by atoms with Crippen LogP contribution in [0, 0.1) is 0 Å². The largest absolute Gasteiger partial charge is 0.476 e. The van der Waals surface area contributed by atoms with Crippen LogP contribution in [0.5, 0.6) is 0 Å². The molecule has 0 bridgehead atoms. The second-order valence-electron chi connectivity index (χ2n) is 4.86. The average molecular weight is 250 g/mol. The zero-order valence-electron chi connectivity index (χ0n) is 10.4. The minimum Gasteiger partial charge on any atom is -0.476 e. The van der Waals surface area contributed by atoms with Gasteiger partial charge < -0.3 is 19.9 Å². The van der Waals surface area contributed by atoms with Crippen LogP contribution in [-0.2, 0) is 13.0 Å². The highest BCUT2D eigenvalue weighted by atomic mass is 16.4. The Bertz CT molecular complexity index is 463. The number of hydrogen-bond donors (Lipinski definition) is 2. The first-order chi connectivity index (χ1) is 8.77. The fourth-order valence-corrected chi connectivity index (χ4v) is 2.80. The number of rotatable bonds is 2. The van der Waals surface area contributed by atoms with Crippen LogP contribution in [0.15, 0.2) is 0 Å². The molecule has 18 heavy (non-hydrogen) atoms. The highest BCUT2D eigenvalue weighted by Gasteiger charge is 2.27.